The molecular formula is C21H26N2O2. The van der Waals surface area contributed by atoms with Crippen molar-refractivity contribution in [1.29, 1.82) is 0 Å². The molecule has 1 aliphatic heterocycles. The van der Waals surface area contributed by atoms with E-state index in [-0.39, 0.29) is 11.9 Å². The van der Waals surface area contributed by atoms with E-state index >= 15 is 0 Å². The summed E-state index contributed by atoms with van der Waals surface area (Å²) in [6.07, 6.45) is 2.46. The molecular weight excluding hydrogens is 312 g/mol. The van der Waals surface area contributed by atoms with Gasteiger partial charge in [0.25, 0.3) is 5.91 Å². The lowest BCUT2D eigenvalue weighted by Gasteiger charge is -2.28. The van der Waals surface area contributed by atoms with Crippen LogP contribution in [0.4, 0.5) is 0 Å². The maximum absolute atomic E-state index is 12.5. The quantitative estimate of drug-likeness (QED) is 0.838. The number of nitrogens with one attached hydrogen (secondary N) is 1. The third kappa shape index (κ3) is 4.60. The fourth-order valence-corrected chi connectivity index (χ4v) is 3.35. The summed E-state index contributed by atoms with van der Waals surface area (Å²) in [5, 5.41) is 3.10. The van der Waals surface area contributed by atoms with Crippen molar-refractivity contribution in [3.63, 3.8) is 0 Å². The van der Waals surface area contributed by atoms with Crippen LogP contribution in [-0.4, -0.2) is 37.0 Å². The van der Waals surface area contributed by atoms with Gasteiger partial charge in [-0.3, -0.25) is 9.69 Å². The highest BCUT2D eigenvalue weighted by Gasteiger charge is 2.23. The van der Waals surface area contributed by atoms with E-state index in [1.807, 2.05) is 37.3 Å². The monoisotopic (exact) mass is 338 g/mol. The maximum Gasteiger partial charge on any atom is 0.251 e. The van der Waals surface area contributed by atoms with Gasteiger partial charge in [0.2, 0.25) is 0 Å². The molecule has 2 aromatic carbocycles. The van der Waals surface area contributed by atoms with E-state index in [2.05, 4.69) is 34.5 Å². The summed E-state index contributed by atoms with van der Waals surface area (Å²) in [6, 6.07) is 18.0. The Labute approximate surface area is 149 Å². The molecule has 0 aliphatic carbocycles. The number of ether oxygens (including phenoxy) is 1. The molecule has 1 atom stereocenters. The van der Waals surface area contributed by atoms with Crippen LogP contribution in [0, 0.1) is 0 Å². The number of nitrogens with zero attached hydrogens (tertiary/aromatic N) is 1. The van der Waals surface area contributed by atoms with E-state index in [1.54, 1.807) is 0 Å². The minimum atomic E-state index is -0.0387. The molecule has 0 aromatic heterocycles. The third-order valence-electron chi connectivity index (χ3n) is 4.65. The molecule has 1 aliphatic rings. The topological polar surface area (TPSA) is 41.6 Å². The van der Waals surface area contributed by atoms with Gasteiger partial charge in [-0.05, 0) is 62.7 Å². The van der Waals surface area contributed by atoms with E-state index in [0.29, 0.717) is 18.7 Å². The smallest absolute Gasteiger partial charge is 0.251 e. The Balaban J connectivity index is 1.65. The number of carbonyl (C=O) groups excluding carboxylic acids is 1. The fraction of sp³-hybridized carbons (Fsp3) is 0.381. The Kier molecular flexibility index (Phi) is 6.07. The van der Waals surface area contributed by atoms with Crippen LogP contribution in [0.3, 0.4) is 0 Å². The van der Waals surface area contributed by atoms with Crippen LogP contribution in [0.1, 0.15) is 41.7 Å². The predicted molar refractivity (Wildman–Crippen MR) is 99.9 cm³/mol. The van der Waals surface area contributed by atoms with Gasteiger partial charge >= 0.3 is 0 Å². The van der Waals surface area contributed by atoms with Crippen LogP contribution in [0.5, 0.6) is 5.75 Å². The van der Waals surface area contributed by atoms with Crippen molar-refractivity contribution in [1.82, 2.24) is 10.2 Å². The Morgan fingerprint density at radius 2 is 1.76 bits per heavy atom. The van der Waals surface area contributed by atoms with Gasteiger partial charge in [-0.2, -0.15) is 0 Å². The van der Waals surface area contributed by atoms with Crippen LogP contribution < -0.4 is 10.1 Å². The number of hydrogen-bond acceptors (Lipinski definition) is 3. The van der Waals surface area contributed by atoms with Crippen LogP contribution in [-0.2, 0) is 0 Å². The van der Waals surface area contributed by atoms with Crippen molar-refractivity contribution in [2.45, 2.75) is 25.8 Å². The predicted octanol–water partition coefficient (Wildman–Crippen LogP) is 3.65. The second-order valence-corrected chi connectivity index (χ2v) is 6.34. The molecule has 0 saturated carbocycles. The number of benzene rings is 2. The SMILES string of the molecule is CCOc1ccc(C(=O)NCC(c2ccccc2)N2CCCC2)cc1. The van der Waals surface area contributed by atoms with Crippen LogP contribution in [0.15, 0.2) is 54.6 Å². The fourth-order valence-electron chi connectivity index (χ4n) is 3.35. The maximum atomic E-state index is 12.5. The zero-order valence-electron chi connectivity index (χ0n) is 14.8. The first kappa shape index (κ1) is 17.5. The minimum Gasteiger partial charge on any atom is -0.494 e. The normalized spacial score (nSPS) is 15.7. The van der Waals surface area contributed by atoms with Gasteiger partial charge in [0, 0.05) is 12.1 Å². The number of hydrogen-bond donors (Lipinski definition) is 1. The number of amides is 1. The lowest BCUT2D eigenvalue weighted by Crippen LogP contribution is -2.36. The highest BCUT2D eigenvalue weighted by atomic mass is 16.5. The molecule has 132 valence electrons. The highest BCUT2D eigenvalue weighted by molar-refractivity contribution is 5.94. The van der Waals surface area contributed by atoms with Gasteiger partial charge in [0.1, 0.15) is 5.75 Å². The Morgan fingerprint density at radius 3 is 2.40 bits per heavy atom. The summed E-state index contributed by atoms with van der Waals surface area (Å²) in [6.45, 7) is 5.38. The van der Waals surface area contributed by atoms with Crippen molar-refractivity contribution in [2.24, 2.45) is 0 Å². The molecule has 2 aromatic rings. The molecule has 1 amide bonds. The van der Waals surface area contributed by atoms with E-state index < -0.39 is 0 Å². The molecule has 4 nitrogen and oxygen atoms in total. The second-order valence-electron chi connectivity index (χ2n) is 6.34. The summed E-state index contributed by atoms with van der Waals surface area (Å²) < 4.78 is 5.43. The minimum absolute atomic E-state index is 0.0387. The van der Waals surface area contributed by atoms with Crippen LogP contribution in [0.25, 0.3) is 0 Å². The number of likely N-dealkylation sites (tertiary alicyclic amines) is 1. The highest BCUT2D eigenvalue weighted by Crippen LogP contribution is 2.24. The zero-order chi connectivity index (χ0) is 17.5. The number of carbonyl (C=O) groups is 1. The largest absolute Gasteiger partial charge is 0.494 e. The zero-order valence-corrected chi connectivity index (χ0v) is 14.8. The van der Waals surface area contributed by atoms with Gasteiger partial charge in [-0.25, -0.2) is 0 Å². The van der Waals surface area contributed by atoms with Crippen LogP contribution in [0.2, 0.25) is 0 Å². The summed E-state index contributed by atoms with van der Waals surface area (Å²) in [5.41, 5.74) is 1.92. The van der Waals surface area contributed by atoms with Crippen molar-refractivity contribution in [3.8, 4) is 5.75 Å². The van der Waals surface area contributed by atoms with Crippen molar-refractivity contribution < 1.29 is 9.53 Å². The molecule has 1 N–H and O–H groups in total. The lowest BCUT2D eigenvalue weighted by atomic mass is 10.1. The standard InChI is InChI=1S/C21H26N2O2/c1-2-25-19-12-10-18(11-13-19)21(24)22-16-20(23-14-6-7-15-23)17-8-4-3-5-9-17/h3-5,8-13,20H,2,6-7,14-16H2,1H3,(H,22,24). The first-order valence-electron chi connectivity index (χ1n) is 9.08. The Morgan fingerprint density at radius 1 is 1.08 bits per heavy atom. The first-order valence-corrected chi connectivity index (χ1v) is 9.08. The summed E-state index contributed by atoms with van der Waals surface area (Å²) in [7, 11) is 0. The molecule has 1 fully saturated rings. The summed E-state index contributed by atoms with van der Waals surface area (Å²) >= 11 is 0. The molecule has 0 radical (unpaired) electrons. The molecule has 1 unspecified atom stereocenters. The van der Waals surface area contributed by atoms with Gasteiger partial charge in [-0.1, -0.05) is 30.3 Å². The van der Waals surface area contributed by atoms with E-state index in [9.17, 15) is 4.79 Å². The second kappa shape index (κ2) is 8.67. The van der Waals surface area contributed by atoms with Crippen molar-refractivity contribution in [2.75, 3.05) is 26.2 Å². The van der Waals surface area contributed by atoms with Gasteiger partial charge in [0.15, 0.2) is 0 Å². The third-order valence-corrected chi connectivity index (χ3v) is 4.65. The first-order chi connectivity index (χ1) is 12.3. The molecule has 0 spiro atoms. The Bertz CT molecular complexity index is 664. The molecule has 1 saturated heterocycles. The Hall–Kier alpha value is -2.33. The number of rotatable bonds is 7. The average molecular weight is 338 g/mol. The van der Waals surface area contributed by atoms with E-state index in [4.69, 9.17) is 4.74 Å². The van der Waals surface area contributed by atoms with E-state index in [1.165, 1.54) is 18.4 Å². The molecule has 1 heterocycles. The molecule has 4 heteroatoms. The lowest BCUT2D eigenvalue weighted by molar-refractivity contribution is 0.0938. The molecule has 3 rings (SSSR count). The van der Waals surface area contributed by atoms with Gasteiger partial charge < -0.3 is 10.1 Å². The van der Waals surface area contributed by atoms with Gasteiger partial charge in [0.05, 0.1) is 12.6 Å². The summed E-state index contributed by atoms with van der Waals surface area (Å²) in [5.74, 6) is 0.751. The molecule has 0 bridgehead atoms. The summed E-state index contributed by atoms with van der Waals surface area (Å²) in [4.78, 5) is 15.0. The van der Waals surface area contributed by atoms with Gasteiger partial charge in [-0.15, -0.1) is 0 Å². The molecule has 25 heavy (non-hydrogen) atoms. The van der Waals surface area contributed by atoms with Crippen molar-refractivity contribution >= 4 is 5.91 Å². The van der Waals surface area contributed by atoms with E-state index in [0.717, 1.165) is 18.8 Å². The van der Waals surface area contributed by atoms with Crippen molar-refractivity contribution in [3.05, 3.63) is 65.7 Å². The van der Waals surface area contributed by atoms with Crippen LogP contribution >= 0.6 is 0 Å². The average Bonchev–Trinajstić information content (AvgIpc) is 3.18.